The molecule has 4 nitrogen and oxygen atoms in total. The molecule has 0 radical (unpaired) electrons. The first-order chi connectivity index (χ1) is 9.11. The number of hydrogen-bond acceptors (Lipinski definition) is 3. The summed E-state index contributed by atoms with van der Waals surface area (Å²) in [5, 5.41) is 3.48. The standard InChI is InChI=1S/C13H10Cl2N2O2/c1-19-12-6-8(2-3-10(12)14)17-13(18)9-4-5-16-7-11(9)15/h2-7H,1H3,(H,17,18). The molecule has 0 aliphatic carbocycles. The van der Waals surface area contributed by atoms with Gasteiger partial charge in [0, 0.05) is 24.1 Å². The molecule has 1 aromatic heterocycles. The quantitative estimate of drug-likeness (QED) is 0.940. The third kappa shape index (κ3) is 3.16. The van der Waals surface area contributed by atoms with Gasteiger partial charge in [-0.3, -0.25) is 9.78 Å². The maximum atomic E-state index is 12.0. The number of ether oxygens (including phenoxy) is 1. The molecular weight excluding hydrogens is 287 g/mol. The molecule has 98 valence electrons. The summed E-state index contributed by atoms with van der Waals surface area (Å²) in [6, 6.07) is 6.50. The van der Waals surface area contributed by atoms with Gasteiger partial charge in [0.2, 0.25) is 0 Å². The van der Waals surface area contributed by atoms with E-state index < -0.39 is 0 Å². The molecule has 0 atom stereocenters. The number of halogens is 2. The predicted octanol–water partition coefficient (Wildman–Crippen LogP) is 3.65. The molecule has 0 bridgehead atoms. The predicted molar refractivity (Wildman–Crippen MR) is 75.2 cm³/mol. The molecule has 6 heteroatoms. The summed E-state index contributed by atoms with van der Waals surface area (Å²) >= 11 is 11.8. The Morgan fingerprint density at radius 2 is 2.05 bits per heavy atom. The second kappa shape index (κ2) is 5.91. The van der Waals surface area contributed by atoms with Crippen molar-refractivity contribution in [3.8, 4) is 5.75 Å². The molecule has 0 fully saturated rings. The van der Waals surface area contributed by atoms with Crippen LogP contribution in [0.25, 0.3) is 0 Å². The third-order valence-electron chi connectivity index (χ3n) is 2.43. The summed E-state index contributed by atoms with van der Waals surface area (Å²) in [5.41, 5.74) is 0.921. The molecule has 0 unspecified atom stereocenters. The maximum Gasteiger partial charge on any atom is 0.257 e. The summed E-state index contributed by atoms with van der Waals surface area (Å²) in [7, 11) is 1.51. The fraction of sp³-hybridized carbons (Fsp3) is 0.0769. The highest BCUT2D eigenvalue weighted by atomic mass is 35.5. The highest BCUT2D eigenvalue weighted by Gasteiger charge is 2.11. The molecule has 1 aromatic carbocycles. The van der Waals surface area contributed by atoms with E-state index in [0.29, 0.717) is 27.0 Å². The molecule has 19 heavy (non-hydrogen) atoms. The Balaban J connectivity index is 2.22. The number of rotatable bonds is 3. The highest BCUT2D eigenvalue weighted by Crippen LogP contribution is 2.27. The number of anilines is 1. The summed E-state index contributed by atoms with van der Waals surface area (Å²) in [6.45, 7) is 0. The molecular formula is C13H10Cl2N2O2. The van der Waals surface area contributed by atoms with Crippen LogP contribution in [0.5, 0.6) is 5.75 Å². The first-order valence-corrected chi connectivity index (χ1v) is 6.12. The average Bonchev–Trinajstić information content (AvgIpc) is 2.41. The molecule has 1 N–H and O–H groups in total. The van der Waals surface area contributed by atoms with Crippen molar-refractivity contribution in [2.24, 2.45) is 0 Å². The van der Waals surface area contributed by atoms with Crippen LogP contribution in [-0.2, 0) is 0 Å². The third-order valence-corrected chi connectivity index (χ3v) is 3.04. The SMILES string of the molecule is COc1cc(NC(=O)c2ccncc2Cl)ccc1Cl. The van der Waals surface area contributed by atoms with Gasteiger partial charge in [-0.25, -0.2) is 0 Å². The minimum Gasteiger partial charge on any atom is -0.495 e. The number of pyridine rings is 1. The number of amides is 1. The zero-order chi connectivity index (χ0) is 13.8. The van der Waals surface area contributed by atoms with Crippen molar-refractivity contribution in [2.45, 2.75) is 0 Å². The van der Waals surface area contributed by atoms with Gasteiger partial charge in [0.25, 0.3) is 5.91 Å². The number of nitrogens with zero attached hydrogens (tertiary/aromatic N) is 1. The molecule has 0 aliphatic rings. The summed E-state index contributed by atoms with van der Waals surface area (Å²) in [5.74, 6) is 0.164. The molecule has 0 saturated heterocycles. The number of nitrogens with one attached hydrogen (secondary N) is 1. The molecule has 2 aromatic rings. The molecule has 0 aliphatic heterocycles. The lowest BCUT2D eigenvalue weighted by Gasteiger charge is -2.09. The Morgan fingerprint density at radius 1 is 1.26 bits per heavy atom. The molecule has 0 spiro atoms. The van der Waals surface area contributed by atoms with Gasteiger partial charge in [-0.1, -0.05) is 23.2 Å². The second-order valence-corrected chi connectivity index (χ2v) is 4.47. The minimum absolute atomic E-state index is 0.293. The fourth-order valence-electron chi connectivity index (χ4n) is 1.50. The maximum absolute atomic E-state index is 12.0. The summed E-state index contributed by atoms with van der Waals surface area (Å²) in [4.78, 5) is 15.8. The largest absolute Gasteiger partial charge is 0.495 e. The Bertz CT molecular complexity index is 617. The van der Waals surface area contributed by atoms with E-state index in [2.05, 4.69) is 10.3 Å². The van der Waals surface area contributed by atoms with Crippen LogP contribution < -0.4 is 10.1 Å². The highest BCUT2D eigenvalue weighted by molar-refractivity contribution is 6.34. The Labute approximate surface area is 120 Å². The molecule has 2 rings (SSSR count). The number of methoxy groups -OCH3 is 1. The second-order valence-electron chi connectivity index (χ2n) is 3.66. The van der Waals surface area contributed by atoms with Gasteiger partial charge in [0.15, 0.2) is 0 Å². The van der Waals surface area contributed by atoms with Crippen molar-refractivity contribution in [3.63, 3.8) is 0 Å². The van der Waals surface area contributed by atoms with E-state index in [1.807, 2.05) is 0 Å². The van der Waals surface area contributed by atoms with E-state index in [0.717, 1.165) is 0 Å². The lowest BCUT2D eigenvalue weighted by atomic mass is 10.2. The van der Waals surface area contributed by atoms with Gasteiger partial charge in [-0.05, 0) is 18.2 Å². The molecule has 0 saturated carbocycles. The van der Waals surface area contributed by atoms with Crippen molar-refractivity contribution < 1.29 is 9.53 Å². The van der Waals surface area contributed by atoms with Crippen molar-refractivity contribution in [1.82, 2.24) is 4.98 Å². The normalized spacial score (nSPS) is 10.1. The lowest BCUT2D eigenvalue weighted by molar-refractivity contribution is 0.102. The van der Waals surface area contributed by atoms with Gasteiger partial charge in [0.1, 0.15) is 5.75 Å². The van der Waals surface area contributed by atoms with Crippen molar-refractivity contribution in [1.29, 1.82) is 0 Å². The van der Waals surface area contributed by atoms with E-state index >= 15 is 0 Å². The van der Waals surface area contributed by atoms with E-state index in [4.69, 9.17) is 27.9 Å². The van der Waals surface area contributed by atoms with Crippen LogP contribution in [0.4, 0.5) is 5.69 Å². The number of benzene rings is 1. The smallest absolute Gasteiger partial charge is 0.257 e. The Morgan fingerprint density at radius 3 is 2.74 bits per heavy atom. The number of aromatic nitrogens is 1. The Hall–Kier alpha value is -1.78. The van der Waals surface area contributed by atoms with Crippen molar-refractivity contribution in [3.05, 3.63) is 52.3 Å². The minimum atomic E-state index is -0.322. The first-order valence-electron chi connectivity index (χ1n) is 5.36. The van der Waals surface area contributed by atoms with Crippen LogP contribution in [0, 0.1) is 0 Å². The molecule has 1 amide bonds. The van der Waals surface area contributed by atoms with Crippen LogP contribution >= 0.6 is 23.2 Å². The summed E-state index contributed by atoms with van der Waals surface area (Å²) < 4.78 is 5.08. The number of carbonyl (C=O) groups is 1. The van der Waals surface area contributed by atoms with Crippen LogP contribution in [0.3, 0.4) is 0 Å². The van der Waals surface area contributed by atoms with Crippen molar-refractivity contribution in [2.75, 3.05) is 12.4 Å². The first kappa shape index (κ1) is 13.6. The number of carbonyl (C=O) groups excluding carboxylic acids is 1. The van der Waals surface area contributed by atoms with E-state index in [1.165, 1.54) is 19.5 Å². The Kier molecular flexibility index (Phi) is 4.24. The van der Waals surface area contributed by atoms with Gasteiger partial charge in [-0.2, -0.15) is 0 Å². The van der Waals surface area contributed by atoms with Gasteiger partial charge in [-0.15, -0.1) is 0 Å². The van der Waals surface area contributed by atoms with Gasteiger partial charge < -0.3 is 10.1 Å². The molecule has 1 heterocycles. The van der Waals surface area contributed by atoms with Crippen LogP contribution in [-0.4, -0.2) is 18.0 Å². The monoisotopic (exact) mass is 296 g/mol. The van der Waals surface area contributed by atoms with Crippen LogP contribution in [0.15, 0.2) is 36.7 Å². The zero-order valence-electron chi connectivity index (χ0n) is 9.98. The van der Waals surface area contributed by atoms with Crippen molar-refractivity contribution >= 4 is 34.8 Å². The van der Waals surface area contributed by atoms with Crippen LogP contribution in [0.1, 0.15) is 10.4 Å². The van der Waals surface area contributed by atoms with Crippen LogP contribution in [0.2, 0.25) is 10.0 Å². The van der Waals surface area contributed by atoms with Gasteiger partial charge in [0.05, 0.1) is 22.7 Å². The van der Waals surface area contributed by atoms with E-state index in [1.54, 1.807) is 24.3 Å². The fourth-order valence-corrected chi connectivity index (χ4v) is 1.90. The summed E-state index contributed by atoms with van der Waals surface area (Å²) in [6.07, 6.45) is 2.92. The van der Waals surface area contributed by atoms with E-state index in [-0.39, 0.29) is 5.91 Å². The van der Waals surface area contributed by atoms with E-state index in [9.17, 15) is 4.79 Å². The number of hydrogen-bond donors (Lipinski definition) is 1. The topological polar surface area (TPSA) is 51.2 Å². The lowest BCUT2D eigenvalue weighted by Crippen LogP contribution is -2.12. The average molecular weight is 297 g/mol. The van der Waals surface area contributed by atoms with Gasteiger partial charge >= 0.3 is 0 Å². The zero-order valence-corrected chi connectivity index (χ0v) is 11.5.